The van der Waals surface area contributed by atoms with Crippen molar-refractivity contribution in [1.82, 2.24) is 4.90 Å². The highest BCUT2D eigenvalue weighted by Gasteiger charge is 2.50. The molecule has 1 spiro atoms. The van der Waals surface area contributed by atoms with E-state index in [2.05, 4.69) is 10.6 Å². The molecule has 194 valence electrons. The Morgan fingerprint density at radius 1 is 1.08 bits per heavy atom. The topological polar surface area (TPSA) is 125 Å². The molecule has 1 saturated heterocycles. The van der Waals surface area contributed by atoms with Crippen molar-refractivity contribution in [3.05, 3.63) is 94.5 Å². The summed E-state index contributed by atoms with van der Waals surface area (Å²) < 4.78 is 5.73. The molecule has 3 N–H and O–H groups in total. The minimum Gasteiger partial charge on any atom is -0.478 e. The molecule has 0 aliphatic carbocycles. The number of benzene rings is 3. The molecule has 3 aromatic carbocycles. The molecule has 2 heterocycles. The number of ether oxygens (including phenoxy) is 1. The van der Waals surface area contributed by atoms with Crippen molar-refractivity contribution < 1.29 is 29.0 Å². The highest BCUT2D eigenvalue weighted by molar-refractivity contribution is 6.30. The molecule has 1 fully saturated rings. The SMILES string of the molecule is O=C1Nc2ccc(Cl)cc2[C@]2(CCN(C(=O)[C@H](Cc3ccccc3)C(=O)Nc3ccc(C(=O)O)cc3)C2)O1. The molecular formula is C28H24ClN3O6. The van der Waals surface area contributed by atoms with Crippen LogP contribution in [-0.2, 0) is 26.3 Å². The number of nitrogens with one attached hydrogen (secondary N) is 2. The van der Waals surface area contributed by atoms with Crippen LogP contribution in [0.3, 0.4) is 0 Å². The fourth-order valence-corrected chi connectivity index (χ4v) is 5.10. The van der Waals surface area contributed by atoms with E-state index < -0.39 is 35.4 Å². The summed E-state index contributed by atoms with van der Waals surface area (Å²) >= 11 is 6.23. The molecule has 0 bridgehead atoms. The first-order chi connectivity index (χ1) is 18.2. The number of carbonyl (C=O) groups is 4. The summed E-state index contributed by atoms with van der Waals surface area (Å²) in [6.07, 6.45) is -0.0977. The van der Waals surface area contributed by atoms with Crippen molar-refractivity contribution in [1.29, 1.82) is 0 Å². The maximum absolute atomic E-state index is 13.8. The Morgan fingerprint density at radius 2 is 1.82 bits per heavy atom. The Labute approximate surface area is 223 Å². The standard InChI is InChI=1S/C28H24ClN3O6/c29-19-8-11-23-22(15-19)28(38-27(37)31-23)12-13-32(16-28)25(34)21(14-17-4-2-1-3-5-17)24(33)30-20-9-6-18(7-10-20)26(35)36/h1-11,15,21H,12-14,16H2,(H,30,33)(H,31,37)(H,35,36)/t21-,28-/m1/s1. The summed E-state index contributed by atoms with van der Waals surface area (Å²) in [6, 6.07) is 20.0. The highest BCUT2D eigenvalue weighted by atomic mass is 35.5. The molecule has 5 rings (SSSR count). The molecule has 2 atom stereocenters. The van der Waals surface area contributed by atoms with E-state index >= 15 is 0 Å². The number of amides is 3. The second-order valence-corrected chi connectivity index (χ2v) is 9.76. The monoisotopic (exact) mass is 533 g/mol. The van der Waals surface area contributed by atoms with E-state index in [1.807, 2.05) is 30.3 Å². The third-order valence-corrected chi connectivity index (χ3v) is 7.07. The van der Waals surface area contributed by atoms with Crippen LogP contribution in [0.2, 0.25) is 5.02 Å². The minimum absolute atomic E-state index is 0.0818. The van der Waals surface area contributed by atoms with Crippen LogP contribution >= 0.6 is 11.6 Å². The van der Waals surface area contributed by atoms with Gasteiger partial charge >= 0.3 is 12.1 Å². The lowest BCUT2D eigenvalue weighted by atomic mass is 9.90. The normalized spacial score (nSPS) is 18.8. The Kier molecular flexibility index (Phi) is 6.77. The molecule has 3 aromatic rings. The first kappa shape index (κ1) is 25.3. The van der Waals surface area contributed by atoms with Gasteiger partial charge in [-0.2, -0.15) is 0 Å². The van der Waals surface area contributed by atoms with Crippen molar-refractivity contribution in [2.75, 3.05) is 23.7 Å². The van der Waals surface area contributed by atoms with Crippen LogP contribution in [0, 0.1) is 5.92 Å². The molecule has 3 amide bonds. The third-order valence-electron chi connectivity index (χ3n) is 6.84. The molecule has 38 heavy (non-hydrogen) atoms. The number of carboxylic acid groups (broad SMARTS) is 1. The first-order valence-electron chi connectivity index (χ1n) is 12.0. The number of carbonyl (C=O) groups excluding carboxylic acids is 3. The summed E-state index contributed by atoms with van der Waals surface area (Å²) in [4.78, 5) is 52.2. The van der Waals surface area contributed by atoms with Gasteiger partial charge in [0.2, 0.25) is 11.8 Å². The van der Waals surface area contributed by atoms with Gasteiger partial charge in [0.25, 0.3) is 0 Å². The lowest BCUT2D eigenvalue weighted by Gasteiger charge is -2.35. The lowest BCUT2D eigenvalue weighted by Crippen LogP contribution is -2.45. The Bertz CT molecular complexity index is 1410. The van der Waals surface area contributed by atoms with Crippen molar-refractivity contribution in [2.45, 2.75) is 18.4 Å². The van der Waals surface area contributed by atoms with Crippen molar-refractivity contribution in [3.63, 3.8) is 0 Å². The number of aromatic carboxylic acids is 1. The van der Waals surface area contributed by atoms with E-state index in [-0.39, 0.29) is 25.1 Å². The highest BCUT2D eigenvalue weighted by Crippen LogP contribution is 2.44. The molecule has 0 unspecified atom stereocenters. The summed E-state index contributed by atoms with van der Waals surface area (Å²) in [5.74, 6) is -3.07. The predicted octanol–water partition coefficient (Wildman–Crippen LogP) is 4.53. The smallest absolute Gasteiger partial charge is 0.412 e. The Hall–Kier alpha value is -4.37. The second kappa shape index (κ2) is 10.2. The van der Waals surface area contributed by atoms with Gasteiger partial charge in [-0.25, -0.2) is 9.59 Å². The number of fused-ring (bicyclic) bond motifs is 2. The van der Waals surface area contributed by atoms with Gasteiger partial charge < -0.3 is 20.1 Å². The quantitative estimate of drug-likeness (QED) is 0.400. The molecule has 10 heteroatoms. The van der Waals surface area contributed by atoms with Crippen molar-refractivity contribution >= 4 is 46.9 Å². The number of carboxylic acids is 1. The van der Waals surface area contributed by atoms with Gasteiger partial charge in [-0.3, -0.25) is 14.9 Å². The minimum atomic E-state index is -1.08. The van der Waals surface area contributed by atoms with Crippen LogP contribution in [0.1, 0.15) is 27.9 Å². The predicted molar refractivity (Wildman–Crippen MR) is 140 cm³/mol. The Balaban J connectivity index is 1.40. The molecule has 0 radical (unpaired) electrons. The van der Waals surface area contributed by atoms with Crippen LogP contribution in [0.25, 0.3) is 0 Å². The maximum atomic E-state index is 13.8. The van der Waals surface area contributed by atoms with E-state index in [4.69, 9.17) is 21.4 Å². The van der Waals surface area contributed by atoms with Crippen molar-refractivity contribution in [2.24, 2.45) is 5.92 Å². The average molecular weight is 534 g/mol. The van der Waals surface area contributed by atoms with Gasteiger partial charge in [0.15, 0.2) is 5.60 Å². The number of rotatable bonds is 6. The number of anilines is 2. The van der Waals surface area contributed by atoms with Crippen LogP contribution in [0.5, 0.6) is 0 Å². The number of hydrogen-bond acceptors (Lipinski definition) is 5. The molecule has 0 aromatic heterocycles. The van der Waals surface area contributed by atoms with Gasteiger partial charge in [0, 0.05) is 29.2 Å². The van der Waals surface area contributed by atoms with Crippen LogP contribution in [0.15, 0.2) is 72.8 Å². The maximum Gasteiger partial charge on any atom is 0.412 e. The third kappa shape index (κ3) is 5.05. The number of nitrogens with zero attached hydrogens (tertiary/aromatic N) is 1. The van der Waals surface area contributed by atoms with Crippen LogP contribution < -0.4 is 10.6 Å². The van der Waals surface area contributed by atoms with Crippen LogP contribution in [0.4, 0.5) is 16.2 Å². The van der Waals surface area contributed by atoms with E-state index in [1.165, 1.54) is 24.3 Å². The lowest BCUT2D eigenvalue weighted by molar-refractivity contribution is -0.140. The summed E-state index contributed by atoms with van der Waals surface area (Å²) in [5, 5.41) is 15.0. The zero-order valence-electron chi connectivity index (χ0n) is 20.1. The van der Waals surface area contributed by atoms with E-state index in [0.717, 1.165) is 5.56 Å². The van der Waals surface area contributed by atoms with Gasteiger partial charge in [-0.05, 0) is 54.4 Å². The average Bonchev–Trinajstić information content (AvgIpc) is 3.32. The molecule has 2 aliphatic heterocycles. The number of hydrogen-bond donors (Lipinski definition) is 3. The molecular weight excluding hydrogens is 510 g/mol. The number of likely N-dealkylation sites (tertiary alicyclic amines) is 1. The van der Waals surface area contributed by atoms with Gasteiger partial charge in [-0.1, -0.05) is 41.9 Å². The van der Waals surface area contributed by atoms with E-state index in [1.54, 1.807) is 23.1 Å². The summed E-state index contributed by atoms with van der Waals surface area (Å²) in [7, 11) is 0. The fraction of sp³-hybridized carbons (Fsp3) is 0.214. The summed E-state index contributed by atoms with van der Waals surface area (Å²) in [6.45, 7) is 0.364. The molecule has 9 nitrogen and oxygen atoms in total. The summed E-state index contributed by atoms with van der Waals surface area (Å²) in [5.41, 5.74) is 1.45. The molecule has 2 aliphatic rings. The van der Waals surface area contributed by atoms with Gasteiger partial charge in [0.1, 0.15) is 5.92 Å². The fourth-order valence-electron chi connectivity index (χ4n) is 4.93. The second-order valence-electron chi connectivity index (χ2n) is 9.32. The van der Waals surface area contributed by atoms with Gasteiger partial charge in [0.05, 0.1) is 17.8 Å². The first-order valence-corrected chi connectivity index (χ1v) is 12.4. The Morgan fingerprint density at radius 3 is 2.53 bits per heavy atom. The largest absolute Gasteiger partial charge is 0.478 e. The van der Waals surface area contributed by atoms with Crippen molar-refractivity contribution in [3.8, 4) is 0 Å². The van der Waals surface area contributed by atoms with E-state index in [0.29, 0.717) is 28.4 Å². The zero-order chi connectivity index (χ0) is 26.9. The van der Waals surface area contributed by atoms with Crippen LogP contribution in [-0.4, -0.2) is 47.0 Å². The molecule has 0 saturated carbocycles. The van der Waals surface area contributed by atoms with E-state index in [9.17, 15) is 19.2 Å². The zero-order valence-corrected chi connectivity index (χ0v) is 20.9. The number of halogens is 1. The van der Waals surface area contributed by atoms with Gasteiger partial charge in [-0.15, -0.1) is 0 Å².